The van der Waals surface area contributed by atoms with Crippen LogP contribution in [0.5, 0.6) is 17.4 Å². The first kappa shape index (κ1) is 16.2. The summed E-state index contributed by atoms with van der Waals surface area (Å²) in [6.45, 7) is 1.29. The first-order valence-corrected chi connectivity index (χ1v) is 7.82. The summed E-state index contributed by atoms with van der Waals surface area (Å²) in [5.74, 6) is 2.15. The SMILES string of the molecule is COc1ccc(C(=O)N2CC[C@H](c3cccc(OC)c3OC)C2)o1. The average Bonchev–Trinajstić information content (AvgIpc) is 3.29. The lowest BCUT2D eigenvalue weighted by atomic mass is 9.97. The van der Waals surface area contributed by atoms with Gasteiger partial charge in [-0.3, -0.25) is 4.79 Å². The smallest absolute Gasteiger partial charge is 0.289 e. The standard InChI is InChI=1S/C18H21NO5/c1-21-14-6-4-5-13(17(14)23-3)12-9-10-19(11-12)18(20)15-7-8-16(22-2)24-15/h4-8,12H,9-11H2,1-3H3/t12-/m0/s1. The Hall–Kier alpha value is -2.63. The summed E-state index contributed by atoms with van der Waals surface area (Å²) in [6.07, 6.45) is 0.868. The van der Waals surface area contributed by atoms with Gasteiger partial charge in [0.15, 0.2) is 17.3 Å². The topological polar surface area (TPSA) is 61.1 Å². The van der Waals surface area contributed by atoms with Gasteiger partial charge in [0.1, 0.15) is 0 Å². The fourth-order valence-corrected chi connectivity index (χ4v) is 3.13. The van der Waals surface area contributed by atoms with Crippen LogP contribution in [0.4, 0.5) is 0 Å². The number of nitrogens with zero attached hydrogens (tertiary/aromatic N) is 1. The molecule has 1 amide bonds. The normalized spacial score (nSPS) is 17.0. The Kier molecular flexibility index (Phi) is 4.64. The summed E-state index contributed by atoms with van der Waals surface area (Å²) in [5.41, 5.74) is 1.06. The van der Waals surface area contributed by atoms with Crippen LogP contribution in [0, 0.1) is 0 Å². The largest absolute Gasteiger partial charge is 0.493 e. The molecule has 1 aromatic carbocycles. The monoisotopic (exact) mass is 331 g/mol. The van der Waals surface area contributed by atoms with E-state index >= 15 is 0 Å². The van der Waals surface area contributed by atoms with Gasteiger partial charge in [-0.25, -0.2) is 0 Å². The molecular weight excluding hydrogens is 310 g/mol. The van der Waals surface area contributed by atoms with Crippen molar-refractivity contribution < 1.29 is 23.4 Å². The molecule has 0 aliphatic carbocycles. The van der Waals surface area contributed by atoms with Gasteiger partial charge in [-0.15, -0.1) is 0 Å². The van der Waals surface area contributed by atoms with Gasteiger partial charge in [-0.05, 0) is 18.6 Å². The van der Waals surface area contributed by atoms with E-state index in [1.54, 1.807) is 31.3 Å². The predicted octanol–water partition coefficient (Wildman–Crippen LogP) is 2.94. The van der Waals surface area contributed by atoms with Crippen LogP contribution in [0.25, 0.3) is 0 Å². The van der Waals surface area contributed by atoms with E-state index < -0.39 is 0 Å². The number of benzene rings is 1. The number of hydrogen-bond acceptors (Lipinski definition) is 5. The second-order valence-corrected chi connectivity index (χ2v) is 5.64. The number of ether oxygens (including phenoxy) is 3. The lowest BCUT2D eigenvalue weighted by Crippen LogP contribution is -2.28. The van der Waals surface area contributed by atoms with Gasteiger partial charge >= 0.3 is 0 Å². The molecule has 1 aliphatic rings. The summed E-state index contributed by atoms with van der Waals surface area (Å²) in [6, 6.07) is 9.12. The Morgan fingerprint density at radius 3 is 2.62 bits per heavy atom. The van der Waals surface area contributed by atoms with Gasteiger partial charge in [0.25, 0.3) is 11.9 Å². The van der Waals surface area contributed by atoms with Crippen molar-refractivity contribution in [3.63, 3.8) is 0 Å². The van der Waals surface area contributed by atoms with Crippen LogP contribution >= 0.6 is 0 Å². The van der Waals surface area contributed by atoms with E-state index in [4.69, 9.17) is 18.6 Å². The molecular formula is C18H21NO5. The Labute approximate surface area is 140 Å². The molecule has 24 heavy (non-hydrogen) atoms. The second-order valence-electron chi connectivity index (χ2n) is 5.64. The maximum atomic E-state index is 12.6. The molecule has 1 aromatic heterocycles. The number of carbonyl (C=O) groups is 1. The van der Waals surface area contributed by atoms with E-state index in [9.17, 15) is 4.79 Å². The van der Waals surface area contributed by atoms with Gasteiger partial charge in [-0.1, -0.05) is 12.1 Å². The average molecular weight is 331 g/mol. The molecule has 1 fully saturated rings. The summed E-state index contributed by atoms with van der Waals surface area (Å²) in [7, 11) is 4.76. The van der Waals surface area contributed by atoms with E-state index in [-0.39, 0.29) is 11.8 Å². The minimum atomic E-state index is -0.123. The fourth-order valence-electron chi connectivity index (χ4n) is 3.13. The van der Waals surface area contributed by atoms with E-state index in [1.165, 1.54) is 7.11 Å². The number of amides is 1. The van der Waals surface area contributed by atoms with Crippen LogP contribution in [0.15, 0.2) is 34.7 Å². The highest BCUT2D eigenvalue weighted by molar-refractivity contribution is 5.92. The number of para-hydroxylation sites is 1. The first-order valence-electron chi connectivity index (χ1n) is 7.82. The zero-order chi connectivity index (χ0) is 17.1. The summed E-state index contributed by atoms with van der Waals surface area (Å²) in [5, 5.41) is 0. The molecule has 1 atom stereocenters. The molecule has 128 valence electrons. The third-order valence-electron chi connectivity index (χ3n) is 4.34. The molecule has 1 saturated heterocycles. The molecule has 1 aliphatic heterocycles. The van der Waals surface area contributed by atoms with E-state index in [1.807, 2.05) is 18.2 Å². The van der Waals surface area contributed by atoms with Crippen LogP contribution in [-0.4, -0.2) is 45.2 Å². The van der Waals surface area contributed by atoms with E-state index in [2.05, 4.69) is 0 Å². The van der Waals surface area contributed by atoms with Crippen molar-refractivity contribution in [2.45, 2.75) is 12.3 Å². The maximum Gasteiger partial charge on any atom is 0.289 e. The molecule has 6 heteroatoms. The Morgan fingerprint density at radius 2 is 1.96 bits per heavy atom. The van der Waals surface area contributed by atoms with Crippen LogP contribution in [0.2, 0.25) is 0 Å². The Balaban J connectivity index is 1.77. The van der Waals surface area contributed by atoms with Gasteiger partial charge in [0.05, 0.1) is 21.3 Å². The molecule has 0 N–H and O–H groups in total. The van der Waals surface area contributed by atoms with Crippen LogP contribution in [0.3, 0.4) is 0 Å². The molecule has 0 spiro atoms. The van der Waals surface area contributed by atoms with Gasteiger partial charge in [0, 0.05) is 30.6 Å². The molecule has 0 radical (unpaired) electrons. The zero-order valence-electron chi connectivity index (χ0n) is 14.1. The van der Waals surface area contributed by atoms with Gasteiger partial charge in [-0.2, -0.15) is 0 Å². The Morgan fingerprint density at radius 1 is 1.12 bits per heavy atom. The lowest BCUT2D eigenvalue weighted by Gasteiger charge is -2.18. The number of likely N-dealkylation sites (tertiary alicyclic amines) is 1. The molecule has 0 unspecified atom stereocenters. The highest BCUT2D eigenvalue weighted by atomic mass is 16.6. The fraction of sp³-hybridized carbons (Fsp3) is 0.389. The van der Waals surface area contributed by atoms with Crippen molar-refractivity contribution in [1.82, 2.24) is 4.90 Å². The predicted molar refractivity (Wildman–Crippen MR) is 88.1 cm³/mol. The van der Waals surface area contributed by atoms with Crippen molar-refractivity contribution in [3.8, 4) is 17.4 Å². The summed E-state index contributed by atoms with van der Waals surface area (Å²) < 4.78 is 21.2. The number of furan rings is 1. The highest BCUT2D eigenvalue weighted by Gasteiger charge is 2.31. The number of carbonyl (C=O) groups excluding carboxylic acids is 1. The van der Waals surface area contributed by atoms with Crippen molar-refractivity contribution >= 4 is 5.91 Å². The summed E-state index contributed by atoms with van der Waals surface area (Å²) in [4.78, 5) is 14.3. The van der Waals surface area contributed by atoms with Crippen molar-refractivity contribution in [2.75, 3.05) is 34.4 Å². The Bertz CT molecular complexity index is 724. The highest BCUT2D eigenvalue weighted by Crippen LogP contribution is 2.39. The van der Waals surface area contributed by atoms with E-state index in [0.29, 0.717) is 30.5 Å². The number of methoxy groups -OCH3 is 3. The third kappa shape index (κ3) is 2.91. The molecule has 0 bridgehead atoms. The zero-order valence-corrected chi connectivity index (χ0v) is 14.1. The summed E-state index contributed by atoms with van der Waals surface area (Å²) >= 11 is 0. The molecule has 3 rings (SSSR count). The molecule has 0 saturated carbocycles. The number of rotatable bonds is 5. The van der Waals surface area contributed by atoms with Crippen molar-refractivity contribution in [3.05, 3.63) is 41.7 Å². The van der Waals surface area contributed by atoms with Crippen molar-refractivity contribution in [2.24, 2.45) is 0 Å². The van der Waals surface area contributed by atoms with E-state index in [0.717, 1.165) is 17.7 Å². The van der Waals surface area contributed by atoms with Crippen molar-refractivity contribution in [1.29, 1.82) is 0 Å². The minimum absolute atomic E-state index is 0.123. The number of hydrogen-bond donors (Lipinski definition) is 0. The second kappa shape index (κ2) is 6.86. The lowest BCUT2D eigenvalue weighted by molar-refractivity contribution is 0.0752. The van der Waals surface area contributed by atoms with Gasteiger partial charge < -0.3 is 23.5 Å². The third-order valence-corrected chi connectivity index (χ3v) is 4.34. The molecule has 2 aromatic rings. The quantitative estimate of drug-likeness (QED) is 0.843. The van der Waals surface area contributed by atoms with Crippen LogP contribution in [-0.2, 0) is 0 Å². The maximum absolute atomic E-state index is 12.6. The van der Waals surface area contributed by atoms with Crippen LogP contribution in [0.1, 0.15) is 28.5 Å². The molecule has 6 nitrogen and oxygen atoms in total. The minimum Gasteiger partial charge on any atom is -0.493 e. The first-order chi connectivity index (χ1) is 11.7. The van der Waals surface area contributed by atoms with Gasteiger partial charge in [0.2, 0.25) is 0 Å². The van der Waals surface area contributed by atoms with Crippen LogP contribution < -0.4 is 14.2 Å². The molecule has 2 heterocycles.